The van der Waals surface area contributed by atoms with E-state index in [1.165, 1.54) is 0 Å². The van der Waals surface area contributed by atoms with Crippen molar-refractivity contribution in [2.45, 2.75) is 43.8 Å². The molecule has 0 fully saturated rings. The number of benzene rings is 2. The highest BCUT2D eigenvalue weighted by Gasteiger charge is 2.35. The summed E-state index contributed by atoms with van der Waals surface area (Å²) in [6, 6.07) is 14.0. The Hall–Kier alpha value is -2.68. The van der Waals surface area contributed by atoms with Crippen LogP contribution in [-0.4, -0.2) is 41.6 Å². The second-order valence-electron chi connectivity index (χ2n) is 8.31. The summed E-state index contributed by atoms with van der Waals surface area (Å²) in [6.07, 6.45) is -0.981. The Morgan fingerprint density at radius 3 is 2.03 bits per heavy atom. The van der Waals surface area contributed by atoms with E-state index in [9.17, 15) is 22.8 Å². The van der Waals surface area contributed by atoms with E-state index in [0.29, 0.717) is 0 Å². The maximum Gasteiger partial charge on any atom is 0.441 e. The fourth-order valence-corrected chi connectivity index (χ4v) is 4.08. The molecule has 32 heavy (non-hydrogen) atoms. The van der Waals surface area contributed by atoms with Gasteiger partial charge in [0.25, 0.3) is 0 Å². The van der Waals surface area contributed by atoms with Crippen LogP contribution < -0.4 is 5.32 Å². The zero-order valence-electron chi connectivity index (χ0n) is 17.9. The van der Waals surface area contributed by atoms with Crippen molar-refractivity contribution in [3.05, 3.63) is 59.7 Å². The SMILES string of the molecule is CC(C)(C)OC(=O)[C@H](CSC(F)(F)F)NC(=O)OCC1c2ccccc2-c2ccccc21. The van der Waals surface area contributed by atoms with Gasteiger partial charge in [-0.25, -0.2) is 9.59 Å². The van der Waals surface area contributed by atoms with Gasteiger partial charge in [0.1, 0.15) is 18.2 Å². The molecule has 0 radical (unpaired) electrons. The first-order valence-electron chi connectivity index (χ1n) is 9.99. The highest BCUT2D eigenvalue weighted by Crippen LogP contribution is 2.44. The molecule has 0 aliphatic heterocycles. The largest absolute Gasteiger partial charge is 0.458 e. The fraction of sp³-hybridized carbons (Fsp3) is 0.391. The van der Waals surface area contributed by atoms with Crippen LogP contribution in [0.2, 0.25) is 0 Å². The number of esters is 1. The first kappa shape index (κ1) is 24.0. The zero-order chi connectivity index (χ0) is 23.5. The standard InChI is InChI=1S/C23H24F3NO4S/c1-22(2,3)31-20(28)19(13-32-23(24,25)26)27-21(29)30-12-18-16-10-6-4-8-14(16)15-9-5-7-11-17(15)18/h4-11,18-19H,12-13H2,1-3H3,(H,27,29)/t19-/m0/s1. The van der Waals surface area contributed by atoms with Gasteiger partial charge >= 0.3 is 17.6 Å². The normalized spacial score (nSPS) is 14.3. The summed E-state index contributed by atoms with van der Waals surface area (Å²) in [5.41, 5.74) is -1.38. The van der Waals surface area contributed by atoms with Crippen molar-refractivity contribution in [3.8, 4) is 11.1 Å². The lowest BCUT2D eigenvalue weighted by molar-refractivity contribution is -0.156. The predicted molar refractivity (Wildman–Crippen MR) is 116 cm³/mol. The predicted octanol–water partition coefficient (Wildman–Crippen LogP) is 5.49. The van der Waals surface area contributed by atoms with Gasteiger partial charge in [-0.2, -0.15) is 13.2 Å². The van der Waals surface area contributed by atoms with Crippen LogP contribution in [0.3, 0.4) is 0 Å². The number of alkyl halides is 3. The van der Waals surface area contributed by atoms with Crippen molar-refractivity contribution in [1.82, 2.24) is 5.32 Å². The van der Waals surface area contributed by atoms with Gasteiger partial charge in [-0.3, -0.25) is 0 Å². The zero-order valence-corrected chi connectivity index (χ0v) is 18.7. The van der Waals surface area contributed by atoms with E-state index in [1.807, 2.05) is 48.5 Å². The number of carbonyl (C=O) groups is 2. The van der Waals surface area contributed by atoms with Crippen molar-refractivity contribution < 1.29 is 32.2 Å². The third-order valence-corrected chi connectivity index (χ3v) is 5.57. The molecule has 1 N–H and O–H groups in total. The molecule has 0 unspecified atom stereocenters. The third kappa shape index (κ3) is 6.18. The number of fused-ring (bicyclic) bond motifs is 3. The Labute approximate surface area is 188 Å². The first-order chi connectivity index (χ1) is 14.9. The van der Waals surface area contributed by atoms with Gasteiger partial charge in [-0.1, -0.05) is 48.5 Å². The molecule has 2 aromatic rings. The van der Waals surface area contributed by atoms with E-state index in [1.54, 1.807) is 20.8 Å². The molecule has 0 bridgehead atoms. The van der Waals surface area contributed by atoms with Crippen LogP contribution in [0, 0.1) is 0 Å². The minimum Gasteiger partial charge on any atom is -0.458 e. The average Bonchev–Trinajstić information content (AvgIpc) is 3.01. The maximum absolute atomic E-state index is 12.7. The summed E-state index contributed by atoms with van der Waals surface area (Å²) in [6.45, 7) is 4.75. The Balaban J connectivity index is 1.68. The van der Waals surface area contributed by atoms with Crippen molar-refractivity contribution in [1.29, 1.82) is 0 Å². The van der Waals surface area contributed by atoms with Crippen LogP contribution in [-0.2, 0) is 14.3 Å². The van der Waals surface area contributed by atoms with E-state index >= 15 is 0 Å². The number of halogens is 3. The molecular weight excluding hydrogens is 443 g/mol. The lowest BCUT2D eigenvalue weighted by Crippen LogP contribution is -2.46. The smallest absolute Gasteiger partial charge is 0.441 e. The van der Waals surface area contributed by atoms with Crippen molar-refractivity contribution in [3.63, 3.8) is 0 Å². The lowest BCUT2D eigenvalue weighted by atomic mass is 9.98. The number of ether oxygens (including phenoxy) is 2. The third-order valence-electron chi connectivity index (χ3n) is 4.74. The second-order valence-corrected chi connectivity index (χ2v) is 9.40. The number of hydrogen-bond acceptors (Lipinski definition) is 5. The molecular formula is C23H24F3NO4S. The summed E-state index contributed by atoms with van der Waals surface area (Å²) in [7, 11) is 0. The van der Waals surface area contributed by atoms with E-state index in [-0.39, 0.29) is 12.5 Å². The molecule has 2 aromatic carbocycles. The molecule has 172 valence electrons. The molecule has 1 atom stereocenters. The van der Waals surface area contributed by atoms with Gasteiger partial charge in [0.05, 0.1) is 0 Å². The van der Waals surface area contributed by atoms with Crippen LogP contribution >= 0.6 is 11.8 Å². The number of nitrogens with one attached hydrogen (secondary N) is 1. The fourth-order valence-electron chi connectivity index (χ4n) is 3.50. The summed E-state index contributed by atoms with van der Waals surface area (Å²) in [5.74, 6) is -1.89. The quantitative estimate of drug-likeness (QED) is 0.570. The topological polar surface area (TPSA) is 64.6 Å². The Bertz CT molecular complexity index is 942. The molecule has 0 spiro atoms. The molecule has 1 aliphatic carbocycles. The van der Waals surface area contributed by atoms with Crippen molar-refractivity contribution in [2.24, 2.45) is 0 Å². The molecule has 0 heterocycles. The molecule has 1 amide bonds. The number of carbonyl (C=O) groups excluding carboxylic acids is 2. The highest BCUT2D eigenvalue weighted by molar-refractivity contribution is 8.00. The highest BCUT2D eigenvalue weighted by atomic mass is 32.2. The Morgan fingerprint density at radius 2 is 1.53 bits per heavy atom. The van der Waals surface area contributed by atoms with Crippen LogP contribution in [0.4, 0.5) is 18.0 Å². The van der Waals surface area contributed by atoms with Crippen LogP contribution in [0.5, 0.6) is 0 Å². The monoisotopic (exact) mass is 467 g/mol. The van der Waals surface area contributed by atoms with Gasteiger partial charge in [-0.05, 0) is 54.8 Å². The summed E-state index contributed by atoms with van der Waals surface area (Å²) < 4.78 is 48.4. The number of hydrogen-bond donors (Lipinski definition) is 1. The number of amides is 1. The number of rotatable bonds is 6. The van der Waals surface area contributed by atoms with E-state index < -0.39 is 46.7 Å². The minimum atomic E-state index is -4.55. The molecule has 9 heteroatoms. The summed E-state index contributed by atoms with van der Waals surface area (Å²) >= 11 is -0.408. The molecule has 1 aliphatic rings. The average molecular weight is 468 g/mol. The molecule has 0 aromatic heterocycles. The summed E-state index contributed by atoms with van der Waals surface area (Å²) in [5, 5.41) is 2.23. The number of alkyl carbamates (subject to hydrolysis) is 1. The Morgan fingerprint density at radius 1 is 1.00 bits per heavy atom. The van der Waals surface area contributed by atoms with Gasteiger partial charge in [0, 0.05) is 11.7 Å². The molecule has 5 nitrogen and oxygen atoms in total. The van der Waals surface area contributed by atoms with E-state index in [2.05, 4.69) is 5.32 Å². The van der Waals surface area contributed by atoms with Gasteiger partial charge in [0.2, 0.25) is 0 Å². The van der Waals surface area contributed by atoms with Crippen LogP contribution in [0.1, 0.15) is 37.8 Å². The minimum absolute atomic E-state index is 0.0205. The first-order valence-corrected chi connectivity index (χ1v) is 11.0. The van der Waals surface area contributed by atoms with Crippen molar-refractivity contribution >= 4 is 23.8 Å². The molecule has 0 saturated carbocycles. The van der Waals surface area contributed by atoms with E-state index in [4.69, 9.17) is 9.47 Å². The van der Waals surface area contributed by atoms with Gasteiger partial charge < -0.3 is 14.8 Å². The lowest BCUT2D eigenvalue weighted by Gasteiger charge is -2.24. The van der Waals surface area contributed by atoms with Gasteiger partial charge in [0.15, 0.2) is 0 Å². The molecule has 3 rings (SSSR count). The number of thioether (sulfide) groups is 1. The maximum atomic E-state index is 12.7. The van der Waals surface area contributed by atoms with E-state index in [0.717, 1.165) is 22.3 Å². The Kier molecular flexibility index (Phi) is 7.07. The van der Waals surface area contributed by atoms with Gasteiger partial charge in [-0.15, -0.1) is 0 Å². The van der Waals surface area contributed by atoms with Crippen LogP contribution in [0.15, 0.2) is 48.5 Å². The van der Waals surface area contributed by atoms with Crippen LogP contribution in [0.25, 0.3) is 11.1 Å². The second kappa shape index (κ2) is 9.44. The van der Waals surface area contributed by atoms with Crippen molar-refractivity contribution in [2.75, 3.05) is 12.4 Å². The molecule has 0 saturated heterocycles. The summed E-state index contributed by atoms with van der Waals surface area (Å²) in [4.78, 5) is 24.7.